The van der Waals surface area contributed by atoms with Crippen molar-refractivity contribution in [1.82, 2.24) is 15.5 Å². The summed E-state index contributed by atoms with van der Waals surface area (Å²) in [5.41, 5.74) is 3.33. The normalized spacial score (nSPS) is 18.6. The second-order valence-corrected chi connectivity index (χ2v) is 10.6. The van der Waals surface area contributed by atoms with E-state index in [0.717, 1.165) is 11.3 Å². The third-order valence-electron chi connectivity index (χ3n) is 4.18. The predicted octanol–water partition coefficient (Wildman–Crippen LogP) is 2.29. The molecule has 1 aliphatic rings. The molecule has 0 bridgehead atoms. The van der Waals surface area contributed by atoms with Gasteiger partial charge in [-0.25, -0.2) is 8.42 Å². The number of aromatic nitrogens is 2. The summed E-state index contributed by atoms with van der Waals surface area (Å²) in [7, 11) is -2.99. The van der Waals surface area contributed by atoms with Crippen LogP contribution in [0.3, 0.4) is 0 Å². The highest BCUT2D eigenvalue weighted by molar-refractivity contribution is 8.01. The molecule has 2 heterocycles. The molecule has 7 nitrogen and oxygen atoms in total. The predicted molar refractivity (Wildman–Crippen MR) is 105 cm³/mol. The smallest absolute Gasteiger partial charge is 0.230 e. The molecule has 140 valence electrons. The summed E-state index contributed by atoms with van der Waals surface area (Å²) in [6.45, 7) is 4.10. The van der Waals surface area contributed by atoms with Crippen molar-refractivity contribution in [2.45, 2.75) is 30.6 Å². The molecule has 1 atom stereocenters. The van der Waals surface area contributed by atoms with Gasteiger partial charge in [0.1, 0.15) is 0 Å². The zero-order valence-electron chi connectivity index (χ0n) is 14.5. The lowest BCUT2D eigenvalue weighted by molar-refractivity contribution is -0.119. The SMILES string of the molecule is Cc1cccc(Nc2nnc(SCC(=O)N[C@H]3CCS(=O)(=O)C3)s2)c1C. The largest absolute Gasteiger partial charge is 0.352 e. The summed E-state index contributed by atoms with van der Waals surface area (Å²) in [6, 6.07) is 5.74. The topological polar surface area (TPSA) is 101 Å². The quantitative estimate of drug-likeness (QED) is 0.702. The molecule has 1 aromatic heterocycles. The number of amides is 1. The molecular weight excluding hydrogens is 392 g/mol. The van der Waals surface area contributed by atoms with Gasteiger partial charge in [0.25, 0.3) is 0 Å². The van der Waals surface area contributed by atoms with Crippen LogP contribution in [0.15, 0.2) is 22.5 Å². The molecule has 1 aromatic carbocycles. The number of nitrogens with one attached hydrogen (secondary N) is 2. The molecule has 0 aliphatic carbocycles. The van der Waals surface area contributed by atoms with Crippen LogP contribution in [-0.2, 0) is 14.6 Å². The summed E-state index contributed by atoms with van der Waals surface area (Å²) < 4.78 is 23.5. The number of anilines is 2. The Labute approximate surface area is 160 Å². The van der Waals surface area contributed by atoms with Gasteiger partial charge in [-0.3, -0.25) is 4.79 Å². The molecule has 1 saturated heterocycles. The van der Waals surface area contributed by atoms with Crippen molar-refractivity contribution in [1.29, 1.82) is 0 Å². The van der Waals surface area contributed by atoms with E-state index in [-0.39, 0.29) is 29.2 Å². The number of thioether (sulfide) groups is 1. The van der Waals surface area contributed by atoms with Crippen molar-refractivity contribution in [3.63, 3.8) is 0 Å². The number of hydrogen-bond donors (Lipinski definition) is 2. The lowest BCUT2D eigenvalue weighted by Crippen LogP contribution is -2.36. The van der Waals surface area contributed by atoms with Crippen molar-refractivity contribution < 1.29 is 13.2 Å². The van der Waals surface area contributed by atoms with Crippen molar-refractivity contribution in [3.8, 4) is 0 Å². The molecule has 1 amide bonds. The van der Waals surface area contributed by atoms with E-state index in [1.807, 2.05) is 19.1 Å². The Morgan fingerprint density at radius 3 is 2.88 bits per heavy atom. The Bertz CT molecular complexity index is 911. The minimum atomic E-state index is -2.99. The van der Waals surface area contributed by atoms with Crippen LogP contribution in [0.25, 0.3) is 0 Å². The van der Waals surface area contributed by atoms with Gasteiger partial charge in [-0.15, -0.1) is 10.2 Å². The first-order valence-corrected chi connectivity index (χ1v) is 11.7. The molecule has 2 aromatic rings. The van der Waals surface area contributed by atoms with Gasteiger partial charge in [0.15, 0.2) is 14.2 Å². The zero-order valence-corrected chi connectivity index (χ0v) is 16.9. The van der Waals surface area contributed by atoms with Crippen LogP contribution in [0, 0.1) is 13.8 Å². The second-order valence-electron chi connectivity index (χ2n) is 6.20. The Balaban J connectivity index is 1.51. The molecular formula is C16H20N4O3S3. The first kappa shape index (κ1) is 19.1. The molecule has 1 fully saturated rings. The maximum absolute atomic E-state index is 12.0. The van der Waals surface area contributed by atoms with Crippen LogP contribution in [0.1, 0.15) is 17.5 Å². The number of benzene rings is 1. The number of aryl methyl sites for hydroxylation is 1. The molecule has 0 unspecified atom stereocenters. The number of carbonyl (C=O) groups is 1. The second kappa shape index (κ2) is 7.93. The van der Waals surface area contributed by atoms with Gasteiger partial charge in [-0.05, 0) is 37.5 Å². The van der Waals surface area contributed by atoms with Gasteiger partial charge in [0.2, 0.25) is 11.0 Å². The summed E-state index contributed by atoms with van der Waals surface area (Å²) in [5, 5.41) is 14.9. The van der Waals surface area contributed by atoms with Crippen LogP contribution in [0.2, 0.25) is 0 Å². The van der Waals surface area contributed by atoms with Crippen molar-refractivity contribution in [2.24, 2.45) is 0 Å². The van der Waals surface area contributed by atoms with E-state index >= 15 is 0 Å². The number of nitrogens with zero attached hydrogens (tertiary/aromatic N) is 2. The maximum Gasteiger partial charge on any atom is 0.230 e. The highest BCUT2D eigenvalue weighted by Gasteiger charge is 2.28. The van der Waals surface area contributed by atoms with E-state index in [9.17, 15) is 13.2 Å². The fourth-order valence-electron chi connectivity index (χ4n) is 2.63. The third kappa shape index (κ3) is 4.95. The standard InChI is InChI=1S/C16H20N4O3S3/c1-10-4-3-5-13(11(10)2)18-15-19-20-16(25-15)24-8-14(21)17-12-6-7-26(22,23)9-12/h3-5,12H,6-9H2,1-2H3,(H,17,21)(H,18,19)/t12-/m0/s1. The molecule has 1 aliphatic heterocycles. The fraction of sp³-hybridized carbons (Fsp3) is 0.438. The minimum absolute atomic E-state index is 0.0339. The molecule has 0 saturated carbocycles. The van der Waals surface area contributed by atoms with E-state index in [1.165, 1.54) is 28.7 Å². The van der Waals surface area contributed by atoms with Gasteiger partial charge in [-0.1, -0.05) is 35.2 Å². The summed E-state index contributed by atoms with van der Waals surface area (Å²) in [4.78, 5) is 12.0. The molecule has 0 radical (unpaired) electrons. The maximum atomic E-state index is 12.0. The average molecular weight is 413 g/mol. The first-order chi connectivity index (χ1) is 12.3. The van der Waals surface area contributed by atoms with Gasteiger partial charge in [0, 0.05) is 11.7 Å². The lowest BCUT2D eigenvalue weighted by atomic mass is 10.1. The van der Waals surface area contributed by atoms with Gasteiger partial charge >= 0.3 is 0 Å². The van der Waals surface area contributed by atoms with Crippen LogP contribution in [-0.4, -0.2) is 47.8 Å². The molecule has 10 heteroatoms. The van der Waals surface area contributed by atoms with E-state index in [4.69, 9.17) is 0 Å². The number of carbonyl (C=O) groups excluding carboxylic acids is 1. The summed E-state index contributed by atoms with van der Waals surface area (Å²) in [5.74, 6) is 0.187. The van der Waals surface area contributed by atoms with E-state index in [2.05, 4.69) is 33.8 Å². The zero-order chi connectivity index (χ0) is 18.7. The van der Waals surface area contributed by atoms with E-state index < -0.39 is 9.84 Å². The highest BCUT2D eigenvalue weighted by Crippen LogP contribution is 2.29. The van der Waals surface area contributed by atoms with Crippen LogP contribution in [0.5, 0.6) is 0 Å². The Hall–Kier alpha value is -1.65. The first-order valence-electron chi connectivity index (χ1n) is 8.12. The Kier molecular flexibility index (Phi) is 5.83. The molecule has 3 rings (SSSR count). The van der Waals surface area contributed by atoms with Gasteiger partial charge in [-0.2, -0.15) is 0 Å². The summed E-state index contributed by atoms with van der Waals surface area (Å²) in [6.07, 6.45) is 0.488. The van der Waals surface area contributed by atoms with Crippen molar-refractivity contribution in [3.05, 3.63) is 29.3 Å². The van der Waals surface area contributed by atoms with Crippen LogP contribution < -0.4 is 10.6 Å². The van der Waals surface area contributed by atoms with Crippen molar-refractivity contribution >= 4 is 49.7 Å². The average Bonchev–Trinajstić information content (AvgIpc) is 3.16. The van der Waals surface area contributed by atoms with Crippen LogP contribution >= 0.6 is 23.1 Å². The van der Waals surface area contributed by atoms with Gasteiger partial charge in [0.05, 0.1) is 17.3 Å². The van der Waals surface area contributed by atoms with Gasteiger partial charge < -0.3 is 10.6 Å². The molecule has 26 heavy (non-hydrogen) atoms. The Morgan fingerprint density at radius 1 is 1.35 bits per heavy atom. The minimum Gasteiger partial charge on any atom is -0.352 e. The number of sulfone groups is 1. The molecule has 2 N–H and O–H groups in total. The van der Waals surface area contributed by atoms with E-state index in [1.54, 1.807) is 0 Å². The van der Waals surface area contributed by atoms with Crippen LogP contribution in [0.4, 0.5) is 10.8 Å². The number of rotatable bonds is 6. The number of hydrogen-bond acceptors (Lipinski definition) is 8. The lowest BCUT2D eigenvalue weighted by Gasteiger charge is -2.09. The van der Waals surface area contributed by atoms with E-state index in [0.29, 0.717) is 15.9 Å². The fourth-order valence-corrected chi connectivity index (χ4v) is 5.87. The highest BCUT2D eigenvalue weighted by atomic mass is 32.2. The van der Waals surface area contributed by atoms with Crippen molar-refractivity contribution in [2.75, 3.05) is 22.6 Å². The monoisotopic (exact) mass is 412 g/mol. The summed E-state index contributed by atoms with van der Waals surface area (Å²) >= 11 is 2.67. The Morgan fingerprint density at radius 2 is 2.15 bits per heavy atom. The molecule has 0 spiro atoms. The third-order valence-corrected chi connectivity index (χ3v) is 7.92.